The molecule has 35 heavy (non-hydrogen) atoms. The van der Waals surface area contributed by atoms with Crippen molar-refractivity contribution in [2.24, 2.45) is 0 Å². The molecule has 10 nitrogen and oxygen atoms in total. The van der Waals surface area contributed by atoms with Crippen LogP contribution in [0.3, 0.4) is 0 Å². The van der Waals surface area contributed by atoms with E-state index in [9.17, 15) is 19.2 Å². The maximum Gasteiger partial charge on any atom is 0.323 e. The summed E-state index contributed by atoms with van der Waals surface area (Å²) in [4.78, 5) is 52.6. The number of aliphatic carboxylic acids is 1. The largest absolute Gasteiger partial charge is 0.497 e. The molecule has 1 atom stereocenters. The van der Waals surface area contributed by atoms with Gasteiger partial charge in [-0.3, -0.25) is 19.3 Å². The van der Waals surface area contributed by atoms with Crippen molar-refractivity contribution in [2.75, 3.05) is 32.7 Å². The van der Waals surface area contributed by atoms with Crippen LogP contribution in [0.1, 0.15) is 13.3 Å². The minimum absolute atomic E-state index is 0.173. The van der Waals surface area contributed by atoms with Gasteiger partial charge in [-0.05, 0) is 42.8 Å². The number of hydrogen-bond donors (Lipinski definition) is 2. The van der Waals surface area contributed by atoms with Gasteiger partial charge in [0.25, 0.3) is 5.91 Å². The van der Waals surface area contributed by atoms with Crippen LogP contribution in [-0.2, 0) is 14.4 Å². The fourth-order valence-electron chi connectivity index (χ4n) is 3.77. The number of ketones is 1. The van der Waals surface area contributed by atoms with Crippen LogP contribution in [0.15, 0.2) is 54.2 Å². The number of ether oxygens (including phenoxy) is 2. The molecular formula is C25H27N3O7. The van der Waals surface area contributed by atoms with E-state index in [0.29, 0.717) is 28.2 Å². The number of hydrogen-bond acceptors (Lipinski definition) is 6. The highest BCUT2D eigenvalue weighted by molar-refractivity contribution is 6.21. The third-order valence-corrected chi connectivity index (χ3v) is 5.54. The molecule has 0 radical (unpaired) electrons. The predicted molar refractivity (Wildman–Crippen MR) is 128 cm³/mol. The lowest BCUT2D eigenvalue weighted by Gasteiger charge is -2.34. The summed E-state index contributed by atoms with van der Waals surface area (Å²) in [6.45, 7) is 1.39. The van der Waals surface area contributed by atoms with Crippen LogP contribution >= 0.6 is 0 Å². The number of anilines is 1. The van der Waals surface area contributed by atoms with Gasteiger partial charge in [0.2, 0.25) is 0 Å². The van der Waals surface area contributed by atoms with Gasteiger partial charge in [-0.15, -0.1) is 0 Å². The number of methoxy groups -OCH3 is 2. The van der Waals surface area contributed by atoms with E-state index >= 15 is 0 Å². The monoisotopic (exact) mass is 481 g/mol. The van der Waals surface area contributed by atoms with Gasteiger partial charge in [-0.25, -0.2) is 4.79 Å². The first-order valence-electron chi connectivity index (χ1n) is 10.8. The molecule has 0 aromatic heterocycles. The molecule has 1 aliphatic heterocycles. The lowest BCUT2D eigenvalue weighted by atomic mass is 9.98. The van der Waals surface area contributed by atoms with Crippen LogP contribution < -0.4 is 19.7 Å². The predicted octanol–water partition coefficient (Wildman–Crippen LogP) is 2.68. The Bertz CT molecular complexity index is 1190. The van der Waals surface area contributed by atoms with Crippen LogP contribution in [0.25, 0.3) is 11.1 Å². The highest BCUT2D eigenvalue weighted by Gasteiger charge is 2.41. The third kappa shape index (κ3) is 5.43. The molecule has 0 fully saturated rings. The van der Waals surface area contributed by atoms with E-state index in [4.69, 9.17) is 14.6 Å². The Balaban J connectivity index is 2.10. The molecule has 0 saturated heterocycles. The number of carbonyl (C=O) groups is 4. The average Bonchev–Trinajstić information content (AvgIpc) is 2.84. The molecule has 0 bridgehead atoms. The summed E-state index contributed by atoms with van der Waals surface area (Å²) in [5, 5.41) is 11.4. The van der Waals surface area contributed by atoms with Gasteiger partial charge in [0.15, 0.2) is 11.8 Å². The number of carbonyl (C=O) groups excluding carboxylic acids is 3. The summed E-state index contributed by atoms with van der Waals surface area (Å²) in [5.41, 5.74) is 1.91. The number of nitrogens with one attached hydrogen (secondary N) is 1. The zero-order valence-corrected chi connectivity index (χ0v) is 19.9. The Morgan fingerprint density at radius 1 is 1.11 bits per heavy atom. The van der Waals surface area contributed by atoms with Crippen LogP contribution in [0.4, 0.5) is 10.5 Å². The number of carboxylic acid groups (broad SMARTS) is 1. The highest BCUT2D eigenvalue weighted by Crippen LogP contribution is 2.36. The number of likely N-dealkylation sites (N-methyl/N-ethyl adjacent to an activating group) is 1. The Kier molecular flexibility index (Phi) is 7.75. The molecular weight excluding hydrogens is 454 g/mol. The van der Waals surface area contributed by atoms with Crippen LogP contribution in [0.2, 0.25) is 0 Å². The Morgan fingerprint density at radius 2 is 1.86 bits per heavy atom. The van der Waals surface area contributed by atoms with Crippen molar-refractivity contribution in [1.82, 2.24) is 10.2 Å². The second-order valence-corrected chi connectivity index (χ2v) is 7.89. The van der Waals surface area contributed by atoms with E-state index < -0.39 is 29.7 Å². The van der Waals surface area contributed by atoms with Crippen molar-refractivity contribution < 1.29 is 33.8 Å². The van der Waals surface area contributed by atoms with Gasteiger partial charge in [-0.1, -0.05) is 12.1 Å². The third-order valence-electron chi connectivity index (χ3n) is 5.54. The summed E-state index contributed by atoms with van der Waals surface area (Å²) in [6, 6.07) is 9.78. The molecule has 3 rings (SSSR count). The first-order valence-corrected chi connectivity index (χ1v) is 10.8. The number of benzene rings is 2. The summed E-state index contributed by atoms with van der Waals surface area (Å²) < 4.78 is 10.8. The average molecular weight is 482 g/mol. The number of rotatable bonds is 8. The van der Waals surface area contributed by atoms with E-state index in [1.54, 1.807) is 49.4 Å². The Hall–Kier alpha value is -4.34. The van der Waals surface area contributed by atoms with Crippen molar-refractivity contribution in [3.05, 3.63) is 54.2 Å². The SMILES string of the molecule is COc1ccc(OC)c(-c2cccc(N(C(=O)NCCC(=O)O)C3C(=O)C(C)=CN(C)C3=O)c2)c1. The standard InChI is InChI=1S/C25H27N3O7/c1-15-14-27(2)24(32)22(23(15)31)28(25(33)26-11-10-21(29)30)17-7-5-6-16(12-17)19-13-18(34-3)8-9-20(19)35-4/h5-9,12-14,22H,10-11H2,1-4H3,(H,26,33)(H,29,30). The van der Waals surface area contributed by atoms with Crippen molar-refractivity contribution >= 4 is 29.4 Å². The van der Waals surface area contributed by atoms with Crippen molar-refractivity contribution in [2.45, 2.75) is 19.4 Å². The minimum atomic E-state index is -1.45. The van der Waals surface area contributed by atoms with Gasteiger partial charge in [0, 0.05) is 36.6 Å². The Labute approximate surface area is 202 Å². The second-order valence-electron chi connectivity index (χ2n) is 7.89. The smallest absolute Gasteiger partial charge is 0.323 e. The normalized spacial score (nSPS) is 15.4. The number of Topliss-reactive ketones (excluding diaryl/α,β-unsaturated/α-hetero) is 1. The molecule has 184 valence electrons. The molecule has 0 saturated carbocycles. The van der Waals surface area contributed by atoms with Crippen LogP contribution in [0, 0.1) is 0 Å². The fourth-order valence-corrected chi connectivity index (χ4v) is 3.77. The summed E-state index contributed by atoms with van der Waals surface area (Å²) in [6.07, 6.45) is 1.10. The second kappa shape index (κ2) is 10.7. The molecule has 2 N–H and O–H groups in total. The number of urea groups is 1. The van der Waals surface area contributed by atoms with Crippen LogP contribution in [0.5, 0.6) is 11.5 Å². The summed E-state index contributed by atoms with van der Waals surface area (Å²) >= 11 is 0. The molecule has 0 spiro atoms. The van der Waals surface area contributed by atoms with E-state index in [0.717, 1.165) is 4.90 Å². The van der Waals surface area contributed by atoms with Crippen molar-refractivity contribution in [3.63, 3.8) is 0 Å². The molecule has 1 aliphatic rings. The topological polar surface area (TPSA) is 125 Å². The first-order chi connectivity index (χ1) is 16.7. The van der Waals surface area contributed by atoms with Gasteiger partial charge in [0.05, 0.1) is 20.6 Å². The zero-order valence-electron chi connectivity index (χ0n) is 19.9. The molecule has 3 amide bonds. The molecule has 2 aromatic carbocycles. The highest BCUT2D eigenvalue weighted by atomic mass is 16.5. The molecule has 2 aromatic rings. The molecule has 0 aliphatic carbocycles. The quantitative estimate of drug-likeness (QED) is 0.555. The number of carboxylic acids is 1. The van der Waals surface area contributed by atoms with Gasteiger partial charge in [0.1, 0.15) is 11.5 Å². The lowest BCUT2D eigenvalue weighted by molar-refractivity contribution is -0.137. The molecule has 10 heteroatoms. The van der Waals surface area contributed by atoms with Crippen molar-refractivity contribution in [3.8, 4) is 22.6 Å². The van der Waals surface area contributed by atoms with E-state index in [1.807, 2.05) is 0 Å². The Morgan fingerprint density at radius 3 is 2.51 bits per heavy atom. The fraction of sp³-hybridized carbons (Fsp3) is 0.280. The number of amides is 3. The van der Waals surface area contributed by atoms with Crippen LogP contribution in [-0.4, -0.2) is 67.6 Å². The lowest BCUT2D eigenvalue weighted by Crippen LogP contribution is -2.58. The molecule has 1 heterocycles. The number of nitrogens with zero attached hydrogens (tertiary/aromatic N) is 2. The van der Waals surface area contributed by atoms with Gasteiger partial charge < -0.3 is 24.8 Å². The van der Waals surface area contributed by atoms with E-state index in [2.05, 4.69) is 5.32 Å². The molecule has 1 unspecified atom stereocenters. The zero-order chi connectivity index (χ0) is 25.7. The van der Waals surface area contributed by atoms with Gasteiger partial charge >= 0.3 is 12.0 Å². The first kappa shape index (κ1) is 25.3. The van der Waals surface area contributed by atoms with Gasteiger partial charge in [-0.2, -0.15) is 0 Å². The van der Waals surface area contributed by atoms with Crippen molar-refractivity contribution in [1.29, 1.82) is 0 Å². The maximum atomic E-state index is 13.2. The maximum absolute atomic E-state index is 13.2. The summed E-state index contributed by atoms with van der Waals surface area (Å²) in [5.74, 6) is -1.05. The summed E-state index contributed by atoms with van der Waals surface area (Å²) in [7, 11) is 4.57. The van der Waals surface area contributed by atoms with E-state index in [-0.39, 0.29) is 18.7 Å². The van der Waals surface area contributed by atoms with E-state index in [1.165, 1.54) is 32.4 Å². The minimum Gasteiger partial charge on any atom is -0.497 e.